The molecule has 2 rings (SSSR count). The van der Waals surface area contributed by atoms with Crippen molar-refractivity contribution in [1.29, 1.82) is 0 Å². The van der Waals surface area contributed by atoms with Gasteiger partial charge in [-0.1, -0.05) is 13.8 Å². The van der Waals surface area contributed by atoms with Gasteiger partial charge in [-0.05, 0) is 47.0 Å². The van der Waals surface area contributed by atoms with E-state index in [4.69, 9.17) is 0 Å². The molecule has 1 aliphatic carbocycles. The molecule has 6 heteroatoms. The van der Waals surface area contributed by atoms with Gasteiger partial charge in [-0.25, -0.2) is 5.10 Å². The van der Waals surface area contributed by atoms with Crippen molar-refractivity contribution in [2.24, 2.45) is 5.41 Å². The lowest BCUT2D eigenvalue weighted by Gasteiger charge is -2.40. The maximum atomic E-state index is 11.4. The Bertz CT molecular complexity index is 503. The van der Waals surface area contributed by atoms with Crippen LogP contribution in [0.3, 0.4) is 0 Å². The van der Waals surface area contributed by atoms with Crippen LogP contribution in [0.2, 0.25) is 0 Å². The van der Waals surface area contributed by atoms with E-state index in [1.54, 1.807) is 6.20 Å². The van der Waals surface area contributed by atoms with E-state index in [2.05, 4.69) is 45.3 Å². The Morgan fingerprint density at radius 2 is 2.05 bits per heavy atom. The summed E-state index contributed by atoms with van der Waals surface area (Å²) < 4.78 is 0.419. The SMILES string of the molecule is CC1(C)CCC(O)(CNc2cn[nH]c(=O)c2Br)CC1. The highest BCUT2D eigenvalue weighted by molar-refractivity contribution is 9.10. The summed E-state index contributed by atoms with van der Waals surface area (Å²) in [4.78, 5) is 11.4. The van der Waals surface area contributed by atoms with Crippen molar-refractivity contribution < 1.29 is 5.11 Å². The maximum absolute atomic E-state index is 11.4. The molecule has 0 atom stereocenters. The van der Waals surface area contributed by atoms with Crippen LogP contribution in [0.5, 0.6) is 0 Å². The summed E-state index contributed by atoms with van der Waals surface area (Å²) >= 11 is 3.21. The summed E-state index contributed by atoms with van der Waals surface area (Å²) in [6, 6.07) is 0. The molecule has 0 spiro atoms. The lowest BCUT2D eigenvalue weighted by Crippen LogP contribution is -2.42. The van der Waals surface area contributed by atoms with Crippen LogP contribution in [-0.4, -0.2) is 27.4 Å². The van der Waals surface area contributed by atoms with Crippen molar-refractivity contribution in [2.75, 3.05) is 11.9 Å². The first-order valence-electron chi connectivity index (χ1n) is 6.51. The second-order valence-corrected chi connectivity index (χ2v) is 6.96. The van der Waals surface area contributed by atoms with Crippen LogP contribution in [0.4, 0.5) is 5.69 Å². The highest BCUT2D eigenvalue weighted by atomic mass is 79.9. The number of rotatable bonds is 3. The molecule has 0 bridgehead atoms. The van der Waals surface area contributed by atoms with Gasteiger partial charge in [-0.15, -0.1) is 0 Å². The third-order valence-electron chi connectivity index (χ3n) is 3.94. The summed E-state index contributed by atoms with van der Waals surface area (Å²) in [5.74, 6) is 0. The molecule has 0 unspecified atom stereocenters. The molecule has 106 valence electrons. The van der Waals surface area contributed by atoms with E-state index in [0.717, 1.165) is 25.7 Å². The maximum Gasteiger partial charge on any atom is 0.280 e. The zero-order valence-electron chi connectivity index (χ0n) is 11.3. The van der Waals surface area contributed by atoms with Crippen LogP contribution >= 0.6 is 15.9 Å². The number of nitrogens with zero attached hydrogens (tertiary/aromatic N) is 1. The number of aromatic amines is 1. The van der Waals surface area contributed by atoms with E-state index in [1.165, 1.54) is 0 Å². The van der Waals surface area contributed by atoms with Crippen LogP contribution in [0.15, 0.2) is 15.5 Å². The lowest BCUT2D eigenvalue weighted by molar-refractivity contribution is -0.0145. The molecule has 0 amide bonds. The molecule has 1 saturated carbocycles. The van der Waals surface area contributed by atoms with Gasteiger partial charge in [0.1, 0.15) is 4.47 Å². The van der Waals surface area contributed by atoms with Crippen molar-refractivity contribution in [3.8, 4) is 0 Å². The van der Waals surface area contributed by atoms with Crippen molar-refractivity contribution >= 4 is 21.6 Å². The average molecular weight is 330 g/mol. The van der Waals surface area contributed by atoms with Crippen LogP contribution in [0, 0.1) is 5.41 Å². The minimum Gasteiger partial charge on any atom is -0.388 e. The molecule has 0 aromatic carbocycles. The predicted octanol–water partition coefficient (Wildman–Crippen LogP) is 2.28. The predicted molar refractivity (Wildman–Crippen MR) is 78.2 cm³/mol. The van der Waals surface area contributed by atoms with Gasteiger partial charge in [0.15, 0.2) is 0 Å². The molecule has 0 saturated heterocycles. The Hall–Kier alpha value is -0.880. The van der Waals surface area contributed by atoms with E-state index >= 15 is 0 Å². The molecule has 1 heterocycles. The number of aliphatic hydroxyl groups is 1. The van der Waals surface area contributed by atoms with Gasteiger partial charge in [0.2, 0.25) is 0 Å². The molecule has 1 aliphatic rings. The van der Waals surface area contributed by atoms with Crippen molar-refractivity contribution in [3.63, 3.8) is 0 Å². The smallest absolute Gasteiger partial charge is 0.280 e. The average Bonchev–Trinajstić information content (AvgIpc) is 2.36. The Morgan fingerprint density at radius 1 is 1.42 bits per heavy atom. The topological polar surface area (TPSA) is 78.0 Å². The Labute approximate surface area is 120 Å². The largest absolute Gasteiger partial charge is 0.388 e. The van der Waals surface area contributed by atoms with E-state index in [-0.39, 0.29) is 5.56 Å². The molecule has 3 N–H and O–H groups in total. The molecule has 0 aliphatic heterocycles. The Morgan fingerprint density at radius 3 is 2.68 bits per heavy atom. The zero-order valence-corrected chi connectivity index (χ0v) is 12.9. The first kappa shape index (κ1) is 14.5. The van der Waals surface area contributed by atoms with Gasteiger partial charge in [0.05, 0.1) is 17.5 Å². The lowest BCUT2D eigenvalue weighted by atomic mass is 9.71. The fourth-order valence-corrected chi connectivity index (χ4v) is 2.67. The highest BCUT2D eigenvalue weighted by Gasteiger charge is 2.36. The van der Waals surface area contributed by atoms with Gasteiger partial charge in [-0.3, -0.25) is 4.79 Å². The molecule has 1 aromatic rings. The summed E-state index contributed by atoms with van der Waals surface area (Å²) in [7, 11) is 0. The molecule has 0 radical (unpaired) electrons. The molecule has 1 fully saturated rings. The van der Waals surface area contributed by atoms with Gasteiger partial charge < -0.3 is 10.4 Å². The fraction of sp³-hybridized carbons (Fsp3) is 0.692. The van der Waals surface area contributed by atoms with E-state index in [1.807, 2.05) is 0 Å². The first-order chi connectivity index (χ1) is 8.81. The number of aromatic nitrogens is 2. The van der Waals surface area contributed by atoms with Crippen molar-refractivity contribution in [3.05, 3.63) is 21.0 Å². The number of halogens is 1. The third-order valence-corrected chi connectivity index (χ3v) is 4.73. The molecule has 1 aromatic heterocycles. The third kappa shape index (κ3) is 3.57. The van der Waals surface area contributed by atoms with Gasteiger partial charge >= 0.3 is 0 Å². The van der Waals surface area contributed by atoms with Crippen molar-refractivity contribution in [2.45, 2.75) is 45.1 Å². The number of anilines is 1. The minimum absolute atomic E-state index is 0.276. The highest BCUT2D eigenvalue weighted by Crippen LogP contribution is 2.40. The number of hydrogen-bond donors (Lipinski definition) is 3. The van der Waals surface area contributed by atoms with Crippen LogP contribution < -0.4 is 10.9 Å². The minimum atomic E-state index is -0.697. The zero-order chi connectivity index (χ0) is 14.1. The van der Waals surface area contributed by atoms with Crippen LogP contribution in [0.25, 0.3) is 0 Å². The van der Waals surface area contributed by atoms with Crippen LogP contribution in [-0.2, 0) is 0 Å². The first-order valence-corrected chi connectivity index (χ1v) is 7.30. The Kier molecular flexibility index (Phi) is 4.01. The van der Waals surface area contributed by atoms with Gasteiger partial charge in [-0.2, -0.15) is 5.10 Å². The molecule has 19 heavy (non-hydrogen) atoms. The second-order valence-electron chi connectivity index (χ2n) is 6.17. The standard InChI is InChI=1S/C13H20BrN3O2/c1-12(2)3-5-13(19,6-4-12)8-15-9-7-16-17-11(18)10(9)14/h7,19H,3-6,8H2,1-2H3,(H2,15,17,18). The molecule has 5 nitrogen and oxygen atoms in total. The fourth-order valence-electron chi connectivity index (χ4n) is 2.34. The summed E-state index contributed by atoms with van der Waals surface area (Å²) in [6.45, 7) is 4.90. The number of nitrogens with one attached hydrogen (secondary N) is 2. The summed E-state index contributed by atoms with van der Waals surface area (Å²) in [5, 5.41) is 19.7. The Balaban J connectivity index is 1.99. The normalized spacial score (nSPS) is 21.1. The number of H-pyrrole nitrogens is 1. The van der Waals surface area contributed by atoms with Crippen molar-refractivity contribution in [1.82, 2.24) is 10.2 Å². The quantitative estimate of drug-likeness (QED) is 0.794. The summed E-state index contributed by atoms with van der Waals surface area (Å²) in [5.41, 5.74) is -0.0423. The second kappa shape index (κ2) is 5.25. The summed E-state index contributed by atoms with van der Waals surface area (Å²) in [6.07, 6.45) is 5.13. The van der Waals surface area contributed by atoms with E-state index < -0.39 is 5.60 Å². The van der Waals surface area contributed by atoms with Gasteiger partial charge in [0, 0.05) is 6.54 Å². The molecular formula is C13H20BrN3O2. The van der Waals surface area contributed by atoms with Crippen LogP contribution in [0.1, 0.15) is 39.5 Å². The van der Waals surface area contributed by atoms with E-state index in [0.29, 0.717) is 22.1 Å². The van der Waals surface area contributed by atoms with E-state index in [9.17, 15) is 9.90 Å². The monoisotopic (exact) mass is 329 g/mol. The number of hydrogen-bond acceptors (Lipinski definition) is 4. The van der Waals surface area contributed by atoms with Gasteiger partial charge in [0.25, 0.3) is 5.56 Å². The molecular weight excluding hydrogens is 310 g/mol.